The molecule has 0 spiro atoms. The fourth-order valence-corrected chi connectivity index (χ4v) is 3.39. The number of carboxylic acids is 1. The molecule has 0 radical (unpaired) electrons. The molecule has 174 valence electrons. The number of ether oxygens (including phenoxy) is 2. The minimum atomic E-state index is -1.02. The van der Waals surface area contributed by atoms with Gasteiger partial charge in [0, 0.05) is 36.6 Å². The van der Waals surface area contributed by atoms with Gasteiger partial charge in [-0.3, -0.25) is 20.3 Å². The molecule has 0 saturated carbocycles. The predicted molar refractivity (Wildman–Crippen MR) is 115 cm³/mol. The van der Waals surface area contributed by atoms with Gasteiger partial charge in [-0.2, -0.15) is 0 Å². The molecule has 1 fully saturated rings. The van der Waals surface area contributed by atoms with E-state index in [0.717, 1.165) is 0 Å². The van der Waals surface area contributed by atoms with Crippen LogP contribution >= 0.6 is 0 Å². The Morgan fingerprint density at radius 1 is 1.16 bits per heavy atom. The molecule has 1 aromatic rings. The van der Waals surface area contributed by atoms with Crippen molar-refractivity contribution in [2.45, 2.75) is 39.2 Å². The summed E-state index contributed by atoms with van der Waals surface area (Å²) in [6.45, 7) is 4.15. The quantitative estimate of drug-likeness (QED) is 0.298. The molecule has 0 unspecified atom stereocenters. The number of likely N-dealkylation sites (tertiary alicyclic amines) is 1. The number of Topliss-reactive ketones (excluding diaryl/α,β-unsaturated/α-hetero) is 1. The van der Waals surface area contributed by atoms with Crippen molar-refractivity contribution in [2.24, 2.45) is 5.92 Å². The molecule has 2 rings (SSSR count). The molecule has 1 aliphatic heterocycles. The first-order valence-electron chi connectivity index (χ1n) is 10.5. The molecule has 1 atom stereocenters. The summed E-state index contributed by atoms with van der Waals surface area (Å²) in [5, 5.41) is 18.8. The van der Waals surface area contributed by atoms with Crippen LogP contribution in [0.3, 0.4) is 0 Å². The fourth-order valence-electron chi connectivity index (χ4n) is 3.39. The Morgan fingerprint density at radius 3 is 2.31 bits per heavy atom. The van der Waals surface area contributed by atoms with E-state index in [1.807, 2.05) is 0 Å². The van der Waals surface area contributed by atoms with Crippen LogP contribution in [-0.4, -0.2) is 72.0 Å². The first-order valence-corrected chi connectivity index (χ1v) is 10.5. The highest BCUT2D eigenvalue weighted by atomic mass is 16.5. The zero-order valence-corrected chi connectivity index (χ0v) is 18.3. The van der Waals surface area contributed by atoms with E-state index >= 15 is 0 Å². The number of rotatable bonds is 9. The average molecular weight is 447 g/mol. The van der Waals surface area contributed by atoms with Crippen molar-refractivity contribution in [1.29, 1.82) is 5.41 Å². The number of aliphatic carboxylic acids is 1. The molecule has 1 aromatic carbocycles. The lowest BCUT2D eigenvalue weighted by molar-refractivity contribution is -0.147. The number of nitrogens with zero attached hydrogens (tertiary/aromatic N) is 1. The van der Waals surface area contributed by atoms with Gasteiger partial charge in [0.15, 0.2) is 5.78 Å². The number of benzene rings is 1. The van der Waals surface area contributed by atoms with E-state index in [0.29, 0.717) is 37.1 Å². The number of hydrogen-bond acceptors (Lipinski definition) is 7. The van der Waals surface area contributed by atoms with E-state index in [1.165, 1.54) is 0 Å². The molecule has 32 heavy (non-hydrogen) atoms. The maximum atomic E-state index is 12.7. The van der Waals surface area contributed by atoms with Crippen molar-refractivity contribution >= 4 is 29.6 Å². The zero-order chi connectivity index (χ0) is 23.7. The monoisotopic (exact) mass is 447 g/mol. The maximum Gasteiger partial charge on any atom is 0.412 e. The van der Waals surface area contributed by atoms with Crippen LogP contribution in [0.2, 0.25) is 0 Å². The number of carbonyl (C=O) groups is 4. The number of amides is 2. The molecule has 1 saturated heterocycles. The minimum absolute atomic E-state index is 0.0478. The summed E-state index contributed by atoms with van der Waals surface area (Å²) in [4.78, 5) is 49.0. The van der Waals surface area contributed by atoms with Crippen LogP contribution in [0.15, 0.2) is 24.3 Å². The van der Waals surface area contributed by atoms with E-state index in [-0.39, 0.29) is 43.3 Å². The smallest absolute Gasteiger partial charge is 0.412 e. The van der Waals surface area contributed by atoms with E-state index in [2.05, 4.69) is 5.32 Å². The summed E-state index contributed by atoms with van der Waals surface area (Å²) >= 11 is 0. The van der Waals surface area contributed by atoms with E-state index in [9.17, 15) is 19.2 Å². The second-order valence-electron chi connectivity index (χ2n) is 7.56. The Balaban J connectivity index is 1.84. The van der Waals surface area contributed by atoms with Gasteiger partial charge in [0.2, 0.25) is 5.91 Å². The van der Waals surface area contributed by atoms with Gasteiger partial charge in [-0.25, -0.2) is 9.59 Å². The maximum absolute atomic E-state index is 12.7. The van der Waals surface area contributed by atoms with Gasteiger partial charge < -0.3 is 19.5 Å². The van der Waals surface area contributed by atoms with Gasteiger partial charge in [0.05, 0.1) is 12.7 Å². The molecule has 1 heterocycles. The van der Waals surface area contributed by atoms with Gasteiger partial charge in [0.25, 0.3) is 0 Å². The Labute approximate surface area is 186 Å². The summed E-state index contributed by atoms with van der Waals surface area (Å²) in [6, 6.07) is 6.22. The van der Waals surface area contributed by atoms with Crippen molar-refractivity contribution in [3.05, 3.63) is 35.4 Å². The van der Waals surface area contributed by atoms with Gasteiger partial charge in [-0.15, -0.1) is 0 Å². The SMILES string of the molecule is CCOC(=O)NC(=N)c1ccc(C(=O)C[C@@H](C)C(=O)N2CCC(OCC(=O)O)CC2)cc1. The Bertz CT molecular complexity index is 846. The van der Waals surface area contributed by atoms with Crippen molar-refractivity contribution < 1.29 is 33.8 Å². The lowest BCUT2D eigenvalue weighted by Gasteiger charge is -2.33. The van der Waals surface area contributed by atoms with Gasteiger partial charge in [-0.1, -0.05) is 31.2 Å². The van der Waals surface area contributed by atoms with Crippen LogP contribution in [-0.2, 0) is 19.1 Å². The number of nitrogens with one attached hydrogen (secondary N) is 2. The number of ketones is 1. The molecular weight excluding hydrogens is 418 g/mol. The third kappa shape index (κ3) is 7.45. The molecule has 0 aromatic heterocycles. The topological polar surface area (TPSA) is 146 Å². The lowest BCUT2D eigenvalue weighted by Crippen LogP contribution is -2.43. The second-order valence-corrected chi connectivity index (χ2v) is 7.56. The second kappa shape index (κ2) is 11.9. The van der Waals surface area contributed by atoms with E-state index in [1.54, 1.807) is 43.0 Å². The number of piperidine rings is 1. The standard InChI is InChI=1S/C22H29N3O7/c1-3-31-22(30)24-20(23)16-6-4-15(5-7-16)18(26)12-14(2)21(29)25-10-8-17(9-11-25)32-13-19(27)28/h4-7,14,17H,3,8-13H2,1-2H3,(H,27,28)(H2,23,24,30)/t14-/m1/s1. The van der Waals surface area contributed by atoms with Crippen LogP contribution in [0.1, 0.15) is 49.0 Å². The highest BCUT2D eigenvalue weighted by Gasteiger charge is 2.28. The first kappa shape index (κ1) is 25.0. The predicted octanol–water partition coefficient (Wildman–Crippen LogP) is 2.06. The number of carboxylic acid groups (broad SMARTS) is 1. The fraction of sp³-hybridized carbons (Fsp3) is 0.500. The highest BCUT2D eigenvalue weighted by Crippen LogP contribution is 2.19. The Hall–Kier alpha value is -3.27. The van der Waals surface area contributed by atoms with Crippen LogP contribution in [0.5, 0.6) is 0 Å². The van der Waals surface area contributed by atoms with Crippen molar-refractivity contribution in [3.63, 3.8) is 0 Å². The van der Waals surface area contributed by atoms with E-state index in [4.69, 9.17) is 20.0 Å². The molecule has 3 N–H and O–H groups in total. The highest BCUT2D eigenvalue weighted by molar-refractivity contribution is 6.05. The van der Waals surface area contributed by atoms with Gasteiger partial charge >= 0.3 is 12.1 Å². The summed E-state index contributed by atoms with van der Waals surface area (Å²) in [5.41, 5.74) is 0.838. The normalized spacial score (nSPS) is 15.0. The Kier molecular flexibility index (Phi) is 9.33. The molecule has 0 bridgehead atoms. The number of carbonyl (C=O) groups excluding carboxylic acids is 3. The van der Waals surface area contributed by atoms with Crippen LogP contribution in [0.4, 0.5) is 4.79 Å². The number of amidine groups is 1. The molecular formula is C22H29N3O7. The molecule has 1 aliphatic rings. The summed E-state index contributed by atoms with van der Waals surface area (Å²) in [5.74, 6) is -1.96. The summed E-state index contributed by atoms with van der Waals surface area (Å²) < 4.78 is 10.0. The molecule has 2 amide bonds. The molecule has 10 heteroatoms. The van der Waals surface area contributed by atoms with Crippen molar-refractivity contribution in [3.8, 4) is 0 Å². The van der Waals surface area contributed by atoms with Crippen molar-refractivity contribution in [2.75, 3.05) is 26.3 Å². The van der Waals surface area contributed by atoms with Crippen LogP contribution < -0.4 is 5.32 Å². The van der Waals surface area contributed by atoms with Gasteiger partial charge in [0.1, 0.15) is 12.4 Å². The molecule has 10 nitrogen and oxygen atoms in total. The van der Waals surface area contributed by atoms with Crippen molar-refractivity contribution in [1.82, 2.24) is 10.2 Å². The Morgan fingerprint density at radius 2 is 1.75 bits per heavy atom. The first-order chi connectivity index (χ1) is 15.2. The zero-order valence-electron chi connectivity index (χ0n) is 18.3. The van der Waals surface area contributed by atoms with Crippen LogP contribution in [0.25, 0.3) is 0 Å². The summed E-state index contributed by atoms with van der Waals surface area (Å²) in [6.07, 6.45) is 0.275. The summed E-state index contributed by atoms with van der Waals surface area (Å²) in [7, 11) is 0. The molecule has 0 aliphatic carbocycles. The average Bonchev–Trinajstić information content (AvgIpc) is 2.77. The third-order valence-electron chi connectivity index (χ3n) is 5.11. The largest absolute Gasteiger partial charge is 0.480 e. The van der Waals surface area contributed by atoms with Crippen LogP contribution in [0, 0.1) is 11.3 Å². The minimum Gasteiger partial charge on any atom is -0.480 e. The lowest BCUT2D eigenvalue weighted by atomic mass is 9.96. The number of alkyl carbamates (subject to hydrolysis) is 1. The van der Waals surface area contributed by atoms with E-state index < -0.39 is 18.0 Å². The third-order valence-corrected chi connectivity index (χ3v) is 5.11. The van der Waals surface area contributed by atoms with Gasteiger partial charge in [-0.05, 0) is 19.8 Å². The number of hydrogen-bond donors (Lipinski definition) is 3.